The Kier molecular flexibility index (Phi) is 4.15. The lowest BCUT2D eigenvalue weighted by Gasteiger charge is -2.15. The summed E-state index contributed by atoms with van der Waals surface area (Å²) >= 11 is 1.55. The third kappa shape index (κ3) is 3.47. The first-order chi connectivity index (χ1) is 8.90. The number of aryl methyl sites for hydroxylation is 1. The molecule has 19 heavy (non-hydrogen) atoms. The fourth-order valence-corrected chi connectivity index (χ4v) is 3.76. The molecule has 7 heteroatoms. The van der Waals surface area contributed by atoms with Crippen LogP contribution < -0.4 is 5.73 Å². The van der Waals surface area contributed by atoms with Gasteiger partial charge < -0.3 is 10.3 Å². The normalized spacial score (nSPS) is 12.2. The van der Waals surface area contributed by atoms with Crippen molar-refractivity contribution in [2.45, 2.75) is 43.7 Å². The first-order valence-electron chi connectivity index (χ1n) is 6.43. The standard InChI is InChI=1S/C12H21N5SSi/c1-18-11-9-10(15-12(13)16-11)17(8-14-9)6-5-7-19(2,3)4/h8H,5-7H2,1-4H3,(H2,13,15,16). The molecule has 2 aromatic heterocycles. The number of fused-ring (bicyclic) bond motifs is 1. The van der Waals surface area contributed by atoms with Gasteiger partial charge in [-0.15, -0.1) is 11.8 Å². The number of anilines is 1. The zero-order chi connectivity index (χ0) is 14.0. The Morgan fingerprint density at radius 1 is 1.32 bits per heavy atom. The van der Waals surface area contributed by atoms with Gasteiger partial charge in [0, 0.05) is 14.6 Å². The van der Waals surface area contributed by atoms with Crippen molar-refractivity contribution in [1.82, 2.24) is 19.5 Å². The summed E-state index contributed by atoms with van der Waals surface area (Å²) < 4.78 is 2.09. The molecule has 0 unspecified atom stereocenters. The molecule has 0 saturated heterocycles. The Labute approximate surface area is 119 Å². The van der Waals surface area contributed by atoms with Crippen LogP contribution in [0.25, 0.3) is 11.2 Å². The molecule has 0 radical (unpaired) electrons. The molecule has 2 heterocycles. The van der Waals surface area contributed by atoms with E-state index in [1.807, 2.05) is 12.6 Å². The lowest BCUT2D eigenvalue weighted by molar-refractivity contribution is 0.685. The average molecular weight is 295 g/mol. The summed E-state index contributed by atoms with van der Waals surface area (Å²) in [6.07, 6.45) is 4.99. The van der Waals surface area contributed by atoms with Gasteiger partial charge in [-0.05, 0) is 12.7 Å². The van der Waals surface area contributed by atoms with Gasteiger partial charge >= 0.3 is 0 Å². The van der Waals surface area contributed by atoms with E-state index in [0.717, 1.165) is 22.7 Å². The Hall–Kier alpha value is -1.08. The summed E-state index contributed by atoms with van der Waals surface area (Å²) in [7, 11) is -0.982. The second-order valence-electron chi connectivity index (χ2n) is 5.87. The van der Waals surface area contributed by atoms with E-state index in [4.69, 9.17) is 5.73 Å². The molecule has 0 amide bonds. The summed E-state index contributed by atoms with van der Waals surface area (Å²) in [4.78, 5) is 13.0. The summed E-state index contributed by atoms with van der Waals surface area (Å²) in [6, 6.07) is 1.31. The predicted molar refractivity (Wildman–Crippen MR) is 84.3 cm³/mol. The van der Waals surface area contributed by atoms with Gasteiger partial charge in [0.2, 0.25) is 5.95 Å². The van der Waals surface area contributed by atoms with Gasteiger partial charge in [-0.2, -0.15) is 4.98 Å². The van der Waals surface area contributed by atoms with Crippen molar-refractivity contribution in [2.75, 3.05) is 12.0 Å². The number of hydrogen-bond donors (Lipinski definition) is 1. The molecule has 0 aliphatic rings. The number of nitrogens with zero attached hydrogens (tertiary/aromatic N) is 4. The fraction of sp³-hybridized carbons (Fsp3) is 0.583. The number of hydrogen-bond acceptors (Lipinski definition) is 5. The molecule has 5 nitrogen and oxygen atoms in total. The lowest BCUT2D eigenvalue weighted by Crippen LogP contribution is -2.19. The average Bonchev–Trinajstić information content (AvgIpc) is 2.70. The molecule has 0 atom stereocenters. The predicted octanol–water partition coefficient (Wildman–Crippen LogP) is 2.86. The van der Waals surface area contributed by atoms with E-state index in [0.29, 0.717) is 5.95 Å². The Bertz CT molecular complexity index is 575. The third-order valence-corrected chi connectivity index (χ3v) is 5.49. The molecule has 0 fully saturated rings. The topological polar surface area (TPSA) is 69.6 Å². The number of imidazole rings is 1. The van der Waals surface area contributed by atoms with Crippen LogP contribution in [0.4, 0.5) is 5.95 Å². The van der Waals surface area contributed by atoms with Crippen molar-refractivity contribution in [3.05, 3.63) is 6.33 Å². The molecule has 104 valence electrons. The maximum atomic E-state index is 5.76. The minimum absolute atomic E-state index is 0.323. The fourth-order valence-electron chi connectivity index (χ4n) is 2.02. The van der Waals surface area contributed by atoms with Gasteiger partial charge in [0.1, 0.15) is 10.5 Å². The number of aromatic nitrogens is 4. The van der Waals surface area contributed by atoms with Crippen LogP contribution in [0.5, 0.6) is 0 Å². The molecular formula is C12H21N5SSi. The van der Waals surface area contributed by atoms with Gasteiger partial charge in [-0.3, -0.25) is 0 Å². The first kappa shape index (κ1) is 14.3. The van der Waals surface area contributed by atoms with Crippen molar-refractivity contribution in [1.29, 1.82) is 0 Å². The molecular weight excluding hydrogens is 274 g/mol. The third-order valence-electron chi connectivity index (χ3n) is 2.97. The van der Waals surface area contributed by atoms with E-state index in [9.17, 15) is 0 Å². The van der Waals surface area contributed by atoms with Crippen LogP contribution in [-0.2, 0) is 6.54 Å². The van der Waals surface area contributed by atoms with Crippen LogP contribution in [-0.4, -0.2) is 33.8 Å². The highest BCUT2D eigenvalue weighted by atomic mass is 32.2. The quantitative estimate of drug-likeness (QED) is 0.522. The van der Waals surface area contributed by atoms with Gasteiger partial charge in [-0.25, -0.2) is 9.97 Å². The van der Waals surface area contributed by atoms with Crippen LogP contribution in [0.1, 0.15) is 6.42 Å². The smallest absolute Gasteiger partial charge is 0.223 e. The molecule has 0 aromatic carbocycles. The number of thioether (sulfide) groups is 1. The molecule has 0 spiro atoms. The number of nitrogens with two attached hydrogens (primary N) is 1. The van der Waals surface area contributed by atoms with Gasteiger partial charge in [0.15, 0.2) is 5.65 Å². The van der Waals surface area contributed by atoms with E-state index in [1.165, 1.54) is 12.5 Å². The van der Waals surface area contributed by atoms with E-state index >= 15 is 0 Å². The zero-order valence-corrected chi connectivity index (χ0v) is 13.8. The van der Waals surface area contributed by atoms with Crippen molar-refractivity contribution >= 4 is 36.9 Å². The summed E-state index contributed by atoms with van der Waals surface area (Å²) in [6.45, 7) is 8.13. The molecule has 2 rings (SSSR count). The Morgan fingerprint density at radius 2 is 2.05 bits per heavy atom. The minimum atomic E-state index is -0.982. The van der Waals surface area contributed by atoms with Gasteiger partial charge in [0.25, 0.3) is 0 Å². The molecule has 0 saturated carbocycles. The van der Waals surface area contributed by atoms with Crippen molar-refractivity contribution in [2.24, 2.45) is 0 Å². The molecule has 2 N–H and O–H groups in total. The van der Waals surface area contributed by atoms with Gasteiger partial charge in [0.05, 0.1) is 6.33 Å². The van der Waals surface area contributed by atoms with Crippen LogP contribution in [0.2, 0.25) is 25.7 Å². The summed E-state index contributed by atoms with van der Waals surface area (Å²) in [5, 5.41) is 0.853. The molecule has 0 aliphatic heterocycles. The van der Waals surface area contributed by atoms with Crippen LogP contribution in [0, 0.1) is 0 Å². The van der Waals surface area contributed by atoms with E-state index in [1.54, 1.807) is 11.8 Å². The Balaban J connectivity index is 2.23. The van der Waals surface area contributed by atoms with Crippen LogP contribution in [0.15, 0.2) is 11.4 Å². The van der Waals surface area contributed by atoms with Crippen LogP contribution in [0.3, 0.4) is 0 Å². The molecule has 0 bridgehead atoms. The second kappa shape index (κ2) is 5.50. The second-order valence-corrected chi connectivity index (χ2v) is 12.3. The monoisotopic (exact) mass is 295 g/mol. The minimum Gasteiger partial charge on any atom is -0.368 e. The highest BCUT2D eigenvalue weighted by Crippen LogP contribution is 2.23. The largest absolute Gasteiger partial charge is 0.368 e. The zero-order valence-electron chi connectivity index (χ0n) is 12.0. The first-order valence-corrected chi connectivity index (χ1v) is 11.4. The summed E-state index contributed by atoms with van der Waals surface area (Å²) in [5.74, 6) is 0.323. The van der Waals surface area contributed by atoms with Crippen molar-refractivity contribution in [3.63, 3.8) is 0 Å². The highest BCUT2D eigenvalue weighted by molar-refractivity contribution is 7.98. The number of rotatable bonds is 5. The van der Waals surface area contributed by atoms with Crippen LogP contribution >= 0.6 is 11.8 Å². The number of nitrogen functional groups attached to an aromatic ring is 1. The van der Waals surface area contributed by atoms with Crippen molar-refractivity contribution in [3.8, 4) is 0 Å². The van der Waals surface area contributed by atoms with E-state index < -0.39 is 8.07 Å². The SMILES string of the molecule is CSc1nc(N)nc2c1ncn2CCC[Si](C)(C)C. The lowest BCUT2D eigenvalue weighted by atomic mass is 10.4. The maximum Gasteiger partial charge on any atom is 0.223 e. The van der Waals surface area contributed by atoms with Crippen molar-refractivity contribution < 1.29 is 0 Å². The molecule has 2 aromatic rings. The molecule has 0 aliphatic carbocycles. The highest BCUT2D eigenvalue weighted by Gasteiger charge is 2.14. The Morgan fingerprint density at radius 3 is 2.68 bits per heavy atom. The van der Waals surface area contributed by atoms with E-state index in [-0.39, 0.29) is 0 Å². The maximum absolute atomic E-state index is 5.76. The van der Waals surface area contributed by atoms with Gasteiger partial charge in [-0.1, -0.05) is 25.7 Å². The summed E-state index contributed by atoms with van der Waals surface area (Å²) in [5.41, 5.74) is 7.47. The van der Waals surface area contributed by atoms with E-state index in [2.05, 4.69) is 39.2 Å².